The van der Waals surface area contributed by atoms with Crippen molar-refractivity contribution in [3.63, 3.8) is 0 Å². The van der Waals surface area contributed by atoms with Gasteiger partial charge in [-0.1, -0.05) is 0 Å². The molecule has 0 bridgehead atoms. The summed E-state index contributed by atoms with van der Waals surface area (Å²) in [7, 11) is 0. The van der Waals surface area contributed by atoms with Crippen LogP contribution in [0.3, 0.4) is 0 Å². The zero-order chi connectivity index (χ0) is 13.0. The first-order chi connectivity index (χ1) is 8.57. The smallest absolute Gasteiger partial charge is 0.438 e. The Kier molecular flexibility index (Phi) is 5.81. The van der Waals surface area contributed by atoms with E-state index in [0.717, 1.165) is 32.1 Å². The van der Waals surface area contributed by atoms with E-state index in [1.54, 1.807) is 0 Å². The Morgan fingerprint density at radius 2 is 2.05 bits per heavy atom. The van der Waals surface area contributed by atoms with E-state index >= 15 is 0 Å². The fourth-order valence-corrected chi connectivity index (χ4v) is 1.89. The molecule has 1 atom stereocenters. The lowest BCUT2D eigenvalue weighted by Crippen LogP contribution is -2.33. The van der Waals surface area contributed by atoms with Gasteiger partial charge in [-0.25, -0.2) is 9.97 Å². The molecule has 1 N–H and O–H groups in total. The molecule has 1 aliphatic heterocycles. The predicted molar refractivity (Wildman–Crippen MR) is 65.4 cm³/mol. The van der Waals surface area contributed by atoms with Crippen molar-refractivity contribution in [3.8, 4) is 5.88 Å². The number of nitrogens with zero attached hydrogens (tertiary/aromatic N) is 2. The number of nitrogens with one attached hydrogen (secondary N) is 1. The van der Waals surface area contributed by atoms with Crippen molar-refractivity contribution in [1.82, 2.24) is 15.3 Å². The van der Waals surface area contributed by atoms with E-state index < -0.39 is 17.8 Å². The molecule has 1 saturated heterocycles. The second-order valence-corrected chi connectivity index (χ2v) is 4.23. The van der Waals surface area contributed by atoms with Crippen molar-refractivity contribution in [2.45, 2.75) is 19.0 Å². The van der Waals surface area contributed by atoms with Gasteiger partial charge in [-0.15, -0.1) is 12.4 Å². The molecule has 108 valence electrons. The summed E-state index contributed by atoms with van der Waals surface area (Å²) in [5.41, 5.74) is -1.06. The molecule has 4 nitrogen and oxygen atoms in total. The summed E-state index contributed by atoms with van der Waals surface area (Å²) in [6.07, 6.45) is -0.356. The highest BCUT2D eigenvalue weighted by molar-refractivity contribution is 5.85. The third kappa shape index (κ3) is 4.50. The fraction of sp³-hybridized carbons (Fsp3) is 0.636. The zero-order valence-corrected chi connectivity index (χ0v) is 10.9. The van der Waals surface area contributed by atoms with E-state index in [-0.39, 0.29) is 24.9 Å². The molecular formula is C11H15ClF3N3O. The molecule has 0 spiro atoms. The van der Waals surface area contributed by atoms with Gasteiger partial charge in [0.05, 0.1) is 6.61 Å². The molecule has 1 aromatic heterocycles. The molecule has 2 heterocycles. The van der Waals surface area contributed by atoms with Gasteiger partial charge in [0.25, 0.3) is 0 Å². The van der Waals surface area contributed by atoms with Gasteiger partial charge < -0.3 is 10.1 Å². The monoisotopic (exact) mass is 297 g/mol. The highest BCUT2D eigenvalue weighted by Crippen LogP contribution is 2.33. The number of rotatable bonds is 3. The molecule has 1 fully saturated rings. The number of piperidine rings is 1. The van der Waals surface area contributed by atoms with Gasteiger partial charge >= 0.3 is 6.18 Å². The predicted octanol–water partition coefficient (Wildman–Crippen LogP) is 2.30. The summed E-state index contributed by atoms with van der Waals surface area (Å²) in [5.74, 6) is -0.211. The molecule has 19 heavy (non-hydrogen) atoms. The highest BCUT2D eigenvalue weighted by Gasteiger charge is 2.37. The Bertz CT molecular complexity index is 397. The Hall–Kier alpha value is -1.08. The van der Waals surface area contributed by atoms with Crippen molar-refractivity contribution >= 4 is 12.4 Å². The van der Waals surface area contributed by atoms with E-state index in [1.807, 2.05) is 0 Å². The van der Waals surface area contributed by atoms with Crippen LogP contribution in [0.5, 0.6) is 5.88 Å². The molecule has 2 rings (SSSR count). The maximum atomic E-state index is 12.6. The standard InChI is InChI=1S/C11H14F3N3O.ClH/c12-11(13,14)9-10(17-5-4-16-9)18-7-8-2-1-3-15-6-8;/h4-5,8,15H,1-3,6-7H2;1H. The van der Waals surface area contributed by atoms with Crippen LogP contribution in [0.2, 0.25) is 0 Å². The molecule has 0 radical (unpaired) electrons. The Morgan fingerprint density at radius 1 is 1.32 bits per heavy atom. The van der Waals surface area contributed by atoms with Gasteiger partial charge in [-0.05, 0) is 19.4 Å². The highest BCUT2D eigenvalue weighted by atomic mass is 35.5. The van der Waals surface area contributed by atoms with Gasteiger partial charge in [-0.3, -0.25) is 0 Å². The SMILES string of the molecule is Cl.FC(F)(F)c1nccnc1OCC1CCCNC1. The summed E-state index contributed by atoms with van der Waals surface area (Å²) in [6, 6.07) is 0. The third-order valence-electron chi connectivity index (χ3n) is 2.79. The number of aromatic nitrogens is 2. The number of alkyl halides is 3. The van der Waals surface area contributed by atoms with Gasteiger partial charge in [0, 0.05) is 24.9 Å². The minimum atomic E-state index is -4.53. The van der Waals surface area contributed by atoms with Crippen LogP contribution in [-0.4, -0.2) is 29.7 Å². The molecule has 0 saturated carbocycles. The molecule has 0 amide bonds. The molecule has 8 heteroatoms. The Morgan fingerprint density at radius 3 is 2.68 bits per heavy atom. The average molecular weight is 298 g/mol. The first-order valence-corrected chi connectivity index (χ1v) is 5.79. The number of halogens is 4. The molecule has 1 aliphatic rings. The zero-order valence-electron chi connectivity index (χ0n) is 10.1. The van der Waals surface area contributed by atoms with E-state index in [1.165, 1.54) is 6.20 Å². The number of ether oxygens (including phenoxy) is 1. The number of hydrogen-bond donors (Lipinski definition) is 1. The van der Waals surface area contributed by atoms with Crippen molar-refractivity contribution in [3.05, 3.63) is 18.1 Å². The summed E-state index contributed by atoms with van der Waals surface area (Å²) in [5, 5.41) is 3.18. The first kappa shape index (κ1) is 16.0. The van der Waals surface area contributed by atoms with E-state index in [2.05, 4.69) is 15.3 Å². The Labute approximate surface area is 115 Å². The summed E-state index contributed by atoms with van der Waals surface area (Å²) in [6.45, 7) is 1.95. The quantitative estimate of drug-likeness (QED) is 0.930. The van der Waals surface area contributed by atoms with E-state index in [0.29, 0.717) is 0 Å². The lowest BCUT2D eigenvalue weighted by atomic mass is 10.0. The minimum absolute atomic E-state index is 0. The van der Waals surface area contributed by atoms with Crippen LogP contribution in [-0.2, 0) is 6.18 Å². The molecule has 0 aliphatic carbocycles. The minimum Gasteiger partial charge on any atom is -0.476 e. The van der Waals surface area contributed by atoms with Gasteiger partial charge in [-0.2, -0.15) is 13.2 Å². The van der Waals surface area contributed by atoms with Crippen LogP contribution in [0.4, 0.5) is 13.2 Å². The summed E-state index contributed by atoms with van der Waals surface area (Å²) in [4.78, 5) is 6.89. The van der Waals surface area contributed by atoms with Crippen LogP contribution in [0.15, 0.2) is 12.4 Å². The molecule has 1 unspecified atom stereocenters. The van der Waals surface area contributed by atoms with Crippen LogP contribution >= 0.6 is 12.4 Å². The molecular weight excluding hydrogens is 283 g/mol. The molecule has 1 aromatic rings. The largest absolute Gasteiger partial charge is 0.476 e. The first-order valence-electron chi connectivity index (χ1n) is 5.79. The lowest BCUT2D eigenvalue weighted by Gasteiger charge is -2.22. The second kappa shape index (κ2) is 6.91. The molecule has 0 aromatic carbocycles. The van der Waals surface area contributed by atoms with Gasteiger partial charge in [0.1, 0.15) is 0 Å². The summed E-state index contributed by atoms with van der Waals surface area (Å²) < 4.78 is 43.0. The van der Waals surface area contributed by atoms with E-state index in [9.17, 15) is 13.2 Å². The Balaban J connectivity index is 0.00000180. The average Bonchev–Trinajstić information content (AvgIpc) is 2.37. The van der Waals surface area contributed by atoms with Crippen LogP contribution < -0.4 is 10.1 Å². The van der Waals surface area contributed by atoms with Crippen LogP contribution in [0.1, 0.15) is 18.5 Å². The third-order valence-corrected chi connectivity index (χ3v) is 2.79. The van der Waals surface area contributed by atoms with Gasteiger partial charge in [0.2, 0.25) is 11.6 Å². The van der Waals surface area contributed by atoms with Crippen molar-refractivity contribution in [2.24, 2.45) is 5.92 Å². The maximum Gasteiger partial charge on any atom is 0.438 e. The van der Waals surface area contributed by atoms with Gasteiger partial charge in [0.15, 0.2) is 0 Å². The number of hydrogen-bond acceptors (Lipinski definition) is 4. The van der Waals surface area contributed by atoms with E-state index in [4.69, 9.17) is 4.74 Å². The summed E-state index contributed by atoms with van der Waals surface area (Å²) >= 11 is 0. The fourth-order valence-electron chi connectivity index (χ4n) is 1.89. The van der Waals surface area contributed by atoms with Crippen LogP contribution in [0.25, 0.3) is 0 Å². The topological polar surface area (TPSA) is 47.0 Å². The normalized spacial score (nSPS) is 19.6. The van der Waals surface area contributed by atoms with Crippen molar-refractivity contribution in [2.75, 3.05) is 19.7 Å². The maximum absolute atomic E-state index is 12.6. The second-order valence-electron chi connectivity index (χ2n) is 4.23. The van der Waals surface area contributed by atoms with Crippen molar-refractivity contribution in [1.29, 1.82) is 0 Å². The lowest BCUT2D eigenvalue weighted by molar-refractivity contribution is -0.143. The van der Waals surface area contributed by atoms with Crippen molar-refractivity contribution < 1.29 is 17.9 Å². The van der Waals surface area contributed by atoms with Crippen LogP contribution in [0, 0.1) is 5.92 Å².